The zero-order valence-electron chi connectivity index (χ0n) is 11.3. The van der Waals surface area contributed by atoms with Crippen LogP contribution >= 0.6 is 0 Å². The highest BCUT2D eigenvalue weighted by molar-refractivity contribution is 5.30. The van der Waals surface area contributed by atoms with Crippen molar-refractivity contribution in [1.82, 2.24) is 0 Å². The third-order valence-electron chi connectivity index (χ3n) is 3.07. The smallest absolute Gasteiger partial charge is 0.123 e. The number of aliphatic hydroxyl groups is 1. The summed E-state index contributed by atoms with van der Waals surface area (Å²) in [4.78, 5) is 0. The molecule has 1 atom stereocenters. The molecule has 0 saturated heterocycles. The number of methoxy groups -OCH3 is 1. The summed E-state index contributed by atoms with van der Waals surface area (Å²) >= 11 is 0. The minimum Gasteiger partial charge on any atom is -0.497 e. The largest absolute Gasteiger partial charge is 0.497 e. The lowest BCUT2D eigenvalue weighted by Gasteiger charge is -2.16. The molecule has 2 rings (SSSR count). The maximum absolute atomic E-state index is 12.8. The Kier molecular flexibility index (Phi) is 4.96. The Morgan fingerprint density at radius 2 is 1.60 bits per heavy atom. The second-order valence-electron chi connectivity index (χ2n) is 4.42. The van der Waals surface area contributed by atoms with Gasteiger partial charge in [0.2, 0.25) is 0 Å². The molecule has 4 heteroatoms. The summed E-state index contributed by atoms with van der Waals surface area (Å²) in [6.07, 6.45) is 0. The number of benzene rings is 2. The maximum Gasteiger partial charge on any atom is 0.123 e. The van der Waals surface area contributed by atoms with Gasteiger partial charge in [-0.05, 0) is 42.0 Å². The van der Waals surface area contributed by atoms with Gasteiger partial charge in [-0.3, -0.25) is 0 Å². The third-order valence-corrected chi connectivity index (χ3v) is 3.07. The molecular weight excluding hydrogens is 259 g/mol. The average molecular weight is 276 g/mol. The molecule has 1 unspecified atom stereocenters. The van der Waals surface area contributed by atoms with E-state index in [1.165, 1.54) is 12.1 Å². The van der Waals surface area contributed by atoms with Crippen molar-refractivity contribution < 1.29 is 19.0 Å². The number of aliphatic hydroxyl groups excluding tert-OH is 1. The number of halogens is 1. The first-order chi connectivity index (χ1) is 9.72. The Morgan fingerprint density at radius 3 is 2.15 bits per heavy atom. The highest BCUT2D eigenvalue weighted by Gasteiger charge is 2.11. The maximum atomic E-state index is 12.8. The van der Waals surface area contributed by atoms with Gasteiger partial charge in [-0.1, -0.05) is 12.1 Å². The number of hydrogen-bond donors (Lipinski definition) is 1. The fourth-order valence-electron chi connectivity index (χ4n) is 1.86. The molecule has 0 radical (unpaired) electrons. The van der Waals surface area contributed by atoms with Gasteiger partial charge in [0.15, 0.2) is 0 Å². The zero-order valence-corrected chi connectivity index (χ0v) is 11.3. The van der Waals surface area contributed by atoms with Crippen molar-refractivity contribution in [3.63, 3.8) is 0 Å². The second kappa shape index (κ2) is 6.91. The standard InChI is InChI=1S/C16H17FO3/c1-19-15-6-2-12(3-7-15)13(10-18)11-20-16-8-4-14(17)5-9-16/h2-9,13,18H,10-11H2,1H3. The first-order valence-corrected chi connectivity index (χ1v) is 6.36. The van der Waals surface area contributed by atoms with Crippen LogP contribution in [0.3, 0.4) is 0 Å². The van der Waals surface area contributed by atoms with Crippen molar-refractivity contribution in [3.8, 4) is 11.5 Å². The van der Waals surface area contributed by atoms with Crippen LogP contribution in [-0.2, 0) is 0 Å². The third kappa shape index (κ3) is 3.71. The van der Waals surface area contributed by atoms with Crippen molar-refractivity contribution in [3.05, 3.63) is 59.9 Å². The molecule has 2 aromatic carbocycles. The fraction of sp³-hybridized carbons (Fsp3) is 0.250. The van der Waals surface area contributed by atoms with Crippen LogP contribution in [-0.4, -0.2) is 25.4 Å². The highest BCUT2D eigenvalue weighted by atomic mass is 19.1. The van der Waals surface area contributed by atoms with E-state index < -0.39 is 0 Å². The van der Waals surface area contributed by atoms with Gasteiger partial charge in [-0.25, -0.2) is 4.39 Å². The van der Waals surface area contributed by atoms with Gasteiger partial charge in [-0.2, -0.15) is 0 Å². The van der Waals surface area contributed by atoms with Gasteiger partial charge < -0.3 is 14.6 Å². The monoisotopic (exact) mass is 276 g/mol. The second-order valence-corrected chi connectivity index (χ2v) is 4.42. The molecule has 0 spiro atoms. The Labute approximate surface area is 117 Å². The molecule has 3 nitrogen and oxygen atoms in total. The van der Waals surface area contributed by atoms with Gasteiger partial charge in [0.25, 0.3) is 0 Å². The summed E-state index contributed by atoms with van der Waals surface area (Å²) in [5, 5.41) is 9.46. The SMILES string of the molecule is COc1ccc(C(CO)COc2ccc(F)cc2)cc1. The van der Waals surface area contributed by atoms with Crippen LogP contribution in [0.2, 0.25) is 0 Å². The predicted molar refractivity (Wildman–Crippen MR) is 74.7 cm³/mol. The molecule has 1 N–H and O–H groups in total. The number of hydrogen-bond acceptors (Lipinski definition) is 3. The molecule has 0 bridgehead atoms. The van der Waals surface area contributed by atoms with E-state index in [-0.39, 0.29) is 18.3 Å². The van der Waals surface area contributed by atoms with Gasteiger partial charge in [0.1, 0.15) is 17.3 Å². The highest BCUT2D eigenvalue weighted by Crippen LogP contribution is 2.21. The molecule has 106 valence electrons. The normalized spacial score (nSPS) is 11.9. The summed E-state index contributed by atoms with van der Waals surface area (Å²) in [6.45, 7) is 0.308. The Morgan fingerprint density at radius 1 is 1.00 bits per heavy atom. The van der Waals surface area contributed by atoms with Crippen LogP contribution in [0.5, 0.6) is 11.5 Å². The number of rotatable bonds is 6. The van der Waals surface area contributed by atoms with E-state index in [9.17, 15) is 9.50 Å². The first kappa shape index (κ1) is 14.3. The molecule has 0 aromatic heterocycles. The van der Waals surface area contributed by atoms with Crippen molar-refractivity contribution in [2.75, 3.05) is 20.3 Å². The summed E-state index contributed by atoms with van der Waals surface area (Å²) in [6, 6.07) is 13.3. The van der Waals surface area contributed by atoms with Crippen LogP contribution in [0.4, 0.5) is 4.39 Å². The molecule has 0 aliphatic rings. The molecule has 0 aliphatic carbocycles. The van der Waals surface area contributed by atoms with E-state index in [4.69, 9.17) is 9.47 Å². The predicted octanol–water partition coefficient (Wildman–Crippen LogP) is 2.99. The minimum absolute atomic E-state index is 0.0203. The average Bonchev–Trinajstić information content (AvgIpc) is 2.50. The molecule has 0 fully saturated rings. The van der Waals surface area contributed by atoms with E-state index in [1.807, 2.05) is 24.3 Å². The molecule has 0 saturated carbocycles. The van der Waals surface area contributed by atoms with Crippen LogP contribution < -0.4 is 9.47 Å². The molecule has 20 heavy (non-hydrogen) atoms. The molecule has 0 amide bonds. The lowest BCUT2D eigenvalue weighted by Crippen LogP contribution is -2.14. The summed E-state index contributed by atoms with van der Waals surface area (Å²) in [7, 11) is 1.61. The quantitative estimate of drug-likeness (QED) is 0.881. The van der Waals surface area contributed by atoms with Gasteiger partial charge in [-0.15, -0.1) is 0 Å². The van der Waals surface area contributed by atoms with Gasteiger partial charge in [0.05, 0.1) is 20.3 Å². The van der Waals surface area contributed by atoms with Crippen molar-refractivity contribution in [2.24, 2.45) is 0 Å². The lowest BCUT2D eigenvalue weighted by atomic mass is 10.0. The topological polar surface area (TPSA) is 38.7 Å². The van der Waals surface area contributed by atoms with E-state index >= 15 is 0 Å². The van der Waals surface area contributed by atoms with E-state index in [1.54, 1.807) is 19.2 Å². The summed E-state index contributed by atoms with van der Waals surface area (Å²) in [5.41, 5.74) is 0.968. The van der Waals surface area contributed by atoms with E-state index in [2.05, 4.69) is 0 Å². The minimum atomic E-state index is -0.300. The van der Waals surface area contributed by atoms with Crippen LogP contribution in [0.25, 0.3) is 0 Å². The lowest BCUT2D eigenvalue weighted by molar-refractivity contribution is 0.205. The van der Waals surface area contributed by atoms with Gasteiger partial charge >= 0.3 is 0 Å². The van der Waals surface area contributed by atoms with Crippen LogP contribution in [0, 0.1) is 5.82 Å². The summed E-state index contributed by atoms with van der Waals surface area (Å²) < 4.78 is 23.4. The summed E-state index contributed by atoms with van der Waals surface area (Å²) in [5.74, 6) is 0.917. The van der Waals surface area contributed by atoms with Gasteiger partial charge in [0, 0.05) is 5.92 Å². The Balaban J connectivity index is 1.99. The number of ether oxygens (including phenoxy) is 2. The van der Waals surface area contributed by atoms with Crippen molar-refractivity contribution in [2.45, 2.75) is 5.92 Å². The first-order valence-electron chi connectivity index (χ1n) is 6.36. The molecular formula is C16H17FO3. The Hall–Kier alpha value is -2.07. The van der Waals surface area contributed by atoms with E-state index in [0.717, 1.165) is 11.3 Å². The zero-order chi connectivity index (χ0) is 14.4. The van der Waals surface area contributed by atoms with E-state index in [0.29, 0.717) is 12.4 Å². The van der Waals surface area contributed by atoms with Crippen LogP contribution in [0.1, 0.15) is 11.5 Å². The molecule has 0 aliphatic heterocycles. The van der Waals surface area contributed by atoms with Crippen molar-refractivity contribution in [1.29, 1.82) is 0 Å². The molecule has 2 aromatic rings. The molecule has 0 heterocycles. The Bertz CT molecular complexity index is 522. The van der Waals surface area contributed by atoms with Crippen molar-refractivity contribution >= 4 is 0 Å². The fourth-order valence-corrected chi connectivity index (χ4v) is 1.86. The van der Waals surface area contributed by atoms with Crippen LogP contribution in [0.15, 0.2) is 48.5 Å².